The molecule has 5 heteroatoms. The van der Waals surface area contributed by atoms with E-state index in [1.54, 1.807) is 0 Å². The quantitative estimate of drug-likeness (QED) is 0.926. The molecular formula is C15H19N3O2. The summed E-state index contributed by atoms with van der Waals surface area (Å²) >= 11 is 0. The summed E-state index contributed by atoms with van der Waals surface area (Å²) in [5.74, 6) is 1.24. The summed E-state index contributed by atoms with van der Waals surface area (Å²) in [6, 6.07) is 8.00. The van der Waals surface area contributed by atoms with E-state index in [9.17, 15) is 5.11 Å². The molecule has 1 N–H and O–H groups in total. The largest absolute Gasteiger partial charge is 0.392 e. The minimum absolute atomic E-state index is 0.234. The molecule has 2 heterocycles. The Morgan fingerprint density at radius 2 is 2.25 bits per heavy atom. The number of aliphatic hydroxyl groups is 1. The number of nitrogens with zero attached hydrogens (tertiary/aromatic N) is 3. The number of aliphatic hydroxyl groups excluding tert-OH is 1. The first-order valence-electron chi connectivity index (χ1n) is 7.01. The molecule has 0 saturated carbocycles. The summed E-state index contributed by atoms with van der Waals surface area (Å²) in [6.07, 6.45) is 1.66. The second kappa shape index (κ2) is 5.73. The van der Waals surface area contributed by atoms with Crippen molar-refractivity contribution in [1.82, 2.24) is 15.0 Å². The lowest BCUT2D eigenvalue weighted by molar-refractivity contribution is 0.0613. The smallest absolute Gasteiger partial charge is 0.241 e. The second-order valence-electron chi connectivity index (χ2n) is 5.36. The van der Waals surface area contributed by atoms with Crippen LogP contribution in [0.5, 0.6) is 0 Å². The Kier molecular flexibility index (Phi) is 3.80. The maximum atomic E-state index is 9.67. The van der Waals surface area contributed by atoms with Gasteiger partial charge >= 0.3 is 0 Å². The first kappa shape index (κ1) is 13.3. The monoisotopic (exact) mass is 273 g/mol. The molecule has 0 bridgehead atoms. The van der Waals surface area contributed by atoms with Gasteiger partial charge < -0.3 is 9.63 Å². The average molecular weight is 273 g/mol. The summed E-state index contributed by atoms with van der Waals surface area (Å²) < 4.78 is 5.33. The van der Waals surface area contributed by atoms with E-state index in [0.717, 1.165) is 30.5 Å². The molecule has 2 aromatic rings. The predicted molar refractivity (Wildman–Crippen MR) is 75.0 cm³/mol. The number of aromatic nitrogens is 2. The summed E-state index contributed by atoms with van der Waals surface area (Å²) in [5, 5.41) is 13.7. The zero-order valence-corrected chi connectivity index (χ0v) is 11.6. The topological polar surface area (TPSA) is 62.4 Å². The van der Waals surface area contributed by atoms with E-state index in [2.05, 4.69) is 15.0 Å². The predicted octanol–water partition coefficient (Wildman–Crippen LogP) is 2.00. The molecule has 1 aliphatic rings. The average Bonchev–Trinajstić information content (AvgIpc) is 2.87. The highest BCUT2D eigenvalue weighted by Crippen LogP contribution is 2.20. The molecular weight excluding hydrogens is 254 g/mol. The van der Waals surface area contributed by atoms with E-state index >= 15 is 0 Å². The molecule has 1 aliphatic heterocycles. The Hall–Kier alpha value is -1.72. The maximum absolute atomic E-state index is 9.67. The van der Waals surface area contributed by atoms with E-state index < -0.39 is 0 Å². The number of β-amino-alcohol motifs (C(OH)–C–C–N with tert-alkyl or cyclic N) is 1. The van der Waals surface area contributed by atoms with Gasteiger partial charge in [0, 0.05) is 12.1 Å². The Bertz CT molecular complexity index is 582. The molecule has 0 spiro atoms. The van der Waals surface area contributed by atoms with Crippen LogP contribution >= 0.6 is 0 Å². The molecule has 0 aliphatic carbocycles. The third-order valence-corrected chi connectivity index (χ3v) is 3.69. The highest BCUT2D eigenvalue weighted by molar-refractivity contribution is 5.58. The first-order valence-corrected chi connectivity index (χ1v) is 7.01. The second-order valence-corrected chi connectivity index (χ2v) is 5.36. The lowest BCUT2D eigenvalue weighted by Crippen LogP contribution is -2.37. The maximum Gasteiger partial charge on any atom is 0.241 e. The van der Waals surface area contributed by atoms with E-state index in [4.69, 9.17) is 4.52 Å². The van der Waals surface area contributed by atoms with Gasteiger partial charge in [-0.3, -0.25) is 4.90 Å². The third kappa shape index (κ3) is 2.89. The highest BCUT2D eigenvalue weighted by atomic mass is 16.5. The molecule has 3 rings (SSSR count). The molecule has 1 fully saturated rings. The number of hydrogen-bond acceptors (Lipinski definition) is 5. The molecule has 5 nitrogen and oxygen atoms in total. The molecule has 1 atom stereocenters. The van der Waals surface area contributed by atoms with Gasteiger partial charge in [0.2, 0.25) is 11.7 Å². The first-order chi connectivity index (χ1) is 9.72. The normalized spacial score (nSPS) is 20.2. The van der Waals surface area contributed by atoms with Gasteiger partial charge in [0.1, 0.15) is 0 Å². The van der Waals surface area contributed by atoms with Crippen LogP contribution in [0.15, 0.2) is 28.8 Å². The van der Waals surface area contributed by atoms with Crippen LogP contribution < -0.4 is 0 Å². The van der Waals surface area contributed by atoms with Crippen molar-refractivity contribution >= 4 is 0 Å². The van der Waals surface area contributed by atoms with Crippen molar-refractivity contribution in [3.8, 4) is 11.4 Å². The molecule has 1 aromatic heterocycles. The summed E-state index contributed by atoms with van der Waals surface area (Å²) in [4.78, 5) is 6.62. The van der Waals surface area contributed by atoms with Crippen molar-refractivity contribution in [3.05, 3.63) is 35.7 Å². The zero-order valence-electron chi connectivity index (χ0n) is 11.6. The highest BCUT2D eigenvalue weighted by Gasteiger charge is 2.20. The molecule has 106 valence electrons. The lowest BCUT2D eigenvalue weighted by Gasteiger charge is -2.28. The molecule has 1 saturated heterocycles. The fourth-order valence-electron chi connectivity index (χ4n) is 2.62. The molecule has 1 unspecified atom stereocenters. The van der Waals surface area contributed by atoms with Crippen molar-refractivity contribution < 1.29 is 9.63 Å². The van der Waals surface area contributed by atoms with Crippen LogP contribution in [0.2, 0.25) is 0 Å². The lowest BCUT2D eigenvalue weighted by atomic mass is 10.1. The van der Waals surface area contributed by atoms with Crippen molar-refractivity contribution in [2.75, 3.05) is 13.1 Å². The third-order valence-electron chi connectivity index (χ3n) is 3.69. The number of likely N-dealkylation sites (tertiary alicyclic amines) is 1. The van der Waals surface area contributed by atoms with Crippen LogP contribution in [0.3, 0.4) is 0 Å². The molecule has 0 radical (unpaired) electrons. The Labute approximate surface area is 118 Å². The SMILES string of the molecule is Cc1ccccc1-c1noc(CN2CCCC(O)C2)n1. The summed E-state index contributed by atoms with van der Waals surface area (Å²) in [7, 11) is 0. The van der Waals surface area contributed by atoms with E-state index in [1.807, 2.05) is 31.2 Å². The summed E-state index contributed by atoms with van der Waals surface area (Å²) in [5.41, 5.74) is 2.13. The van der Waals surface area contributed by atoms with Crippen LogP contribution in [0.25, 0.3) is 11.4 Å². The van der Waals surface area contributed by atoms with Crippen molar-refractivity contribution in [2.24, 2.45) is 0 Å². The summed E-state index contributed by atoms with van der Waals surface area (Å²) in [6.45, 7) is 4.30. The number of hydrogen-bond donors (Lipinski definition) is 1. The molecule has 1 aromatic carbocycles. The van der Waals surface area contributed by atoms with Crippen molar-refractivity contribution in [3.63, 3.8) is 0 Å². The number of piperidine rings is 1. The standard InChI is InChI=1S/C15H19N3O2/c1-11-5-2-3-7-13(11)15-16-14(20-17-15)10-18-8-4-6-12(19)9-18/h2-3,5,7,12,19H,4,6,8-10H2,1H3. The van der Waals surface area contributed by atoms with Gasteiger partial charge in [-0.05, 0) is 31.9 Å². The number of benzene rings is 1. The van der Waals surface area contributed by atoms with Gasteiger partial charge in [0.25, 0.3) is 0 Å². The van der Waals surface area contributed by atoms with Gasteiger partial charge in [0.15, 0.2) is 0 Å². The van der Waals surface area contributed by atoms with E-state index in [0.29, 0.717) is 24.8 Å². The van der Waals surface area contributed by atoms with Crippen LogP contribution in [-0.2, 0) is 6.54 Å². The fourth-order valence-corrected chi connectivity index (χ4v) is 2.62. The Morgan fingerprint density at radius 3 is 3.05 bits per heavy atom. The van der Waals surface area contributed by atoms with Crippen LogP contribution in [-0.4, -0.2) is 39.3 Å². The van der Waals surface area contributed by atoms with Gasteiger partial charge in [-0.2, -0.15) is 4.98 Å². The minimum Gasteiger partial charge on any atom is -0.392 e. The number of aryl methyl sites for hydroxylation is 1. The number of rotatable bonds is 3. The van der Waals surface area contributed by atoms with Gasteiger partial charge in [0.05, 0.1) is 12.6 Å². The zero-order chi connectivity index (χ0) is 13.9. The fraction of sp³-hybridized carbons (Fsp3) is 0.467. The minimum atomic E-state index is -0.234. The molecule has 20 heavy (non-hydrogen) atoms. The van der Waals surface area contributed by atoms with E-state index in [1.165, 1.54) is 0 Å². The Balaban J connectivity index is 1.72. The Morgan fingerprint density at radius 1 is 1.40 bits per heavy atom. The van der Waals surface area contributed by atoms with Crippen LogP contribution in [0.4, 0.5) is 0 Å². The van der Waals surface area contributed by atoms with Gasteiger partial charge in [-0.1, -0.05) is 29.4 Å². The van der Waals surface area contributed by atoms with E-state index in [-0.39, 0.29) is 6.10 Å². The van der Waals surface area contributed by atoms with Gasteiger partial charge in [-0.25, -0.2) is 0 Å². The van der Waals surface area contributed by atoms with Crippen molar-refractivity contribution in [1.29, 1.82) is 0 Å². The molecule has 0 amide bonds. The van der Waals surface area contributed by atoms with Crippen LogP contribution in [0.1, 0.15) is 24.3 Å². The van der Waals surface area contributed by atoms with Gasteiger partial charge in [-0.15, -0.1) is 0 Å². The van der Waals surface area contributed by atoms with Crippen molar-refractivity contribution in [2.45, 2.75) is 32.4 Å². The van der Waals surface area contributed by atoms with Crippen LogP contribution in [0, 0.1) is 6.92 Å².